The van der Waals surface area contributed by atoms with E-state index in [-0.39, 0.29) is 0 Å². The highest BCUT2D eigenvalue weighted by Gasteiger charge is 2.28. The number of alkyl halides is 1. The van der Waals surface area contributed by atoms with Crippen LogP contribution in [0.25, 0.3) is 10.2 Å². The number of hydrogen-bond acceptors (Lipinski definition) is 3. The molecule has 3 rings (SSSR count). The summed E-state index contributed by atoms with van der Waals surface area (Å²) in [6, 6.07) is 17.5. The molecule has 0 spiro atoms. The molecule has 0 amide bonds. The standard InChI is InChI=1S/C16H13FNO2S/c17-11-20-16(19)15-18(10-12-6-2-1-3-7-12)13-8-4-5-9-14(13)21-15/h1-9H,10-11H2/q+1. The van der Waals surface area contributed by atoms with Gasteiger partial charge in [-0.3, -0.25) is 0 Å². The van der Waals surface area contributed by atoms with Crippen LogP contribution in [0.1, 0.15) is 15.4 Å². The van der Waals surface area contributed by atoms with Gasteiger partial charge < -0.3 is 4.74 Å². The van der Waals surface area contributed by atoms with Gasteiger partial charge in [0.15, 0.2) is 6.54 Å². The van der Waals surface area contributed by atoms with Crippen molar-refractivity contribution in [2.24, 2.45) is 0 Å². The van der Waals surface area contributed by atoms with Gasteiger partial charge in [0.05, 0.1) is 0 Å². The summed E-state index contributed by atoms with van der Waals surface area (Å²) in [7, 11) is 0. The number of thiazole rings is 1. The van der Waals surface area contributed by atoms with Crippen LogP contribution in [0.4, 0.5) is 4.39 Å². The number of esters is 1. The lowest BCUT2D eigenvalue weighted by Crippen LogP contribution is -2.39. The zero-order valence-corrected chi connectivity index (χ0v) is 12.0. The first kappa shape index (κ1) is 13.7. The van der Waals surface area contributed by atoms with Gasteiger partial charge in [-0.05, 0) is 6.07 Å². The molecule has 0 unspecified atom stereocenters. The van der Waals surface area contributed by atoms with E-state index >= 15 is 0 Å². The van der Waals surface area contributed by atoms with Crippen LogP contribution in [0.3, 0.4) is 0 Å². The molecule has 2 aromatic carbocycles. The van der Waals surface area contributed by atoms with Crippen LogP contribution in [-0.2, 0) is 11.3 Å². The summed E-state index contributed by atoms with van der Waals surface area (Å²) in [5, 5.41) is 0.401. The molecule has 0 radical (unpaired) electrons. The summed E-state index contributed by atoms with van der Waals surface area (Å²) in [6.07, 6.45) is 0. The fraction of sp³-hybridized carbons (Fsp3) is 0.125. The van der Waals surface area contributed by atoms with Gasteiger partial charge in [0.2, 0.25) is 12.4 Å². The molecule has 1 heterocycles. The van der Waals surface area contributed by atoms with Crippen LogP contribution in [0.15, 0.2) is 54.6 Å². The minimum Gasteiger partial charge on any atom is -0.425 e. The fourth-order valence-corrected chi connectivity index (χ4v) is 3.27. The van der Waals surface area contributed by atoms with Gasteiger partial charge >= 0.3 is 11.0 Å². The Labute approximate surface area is 125 Å². The molecule has 0 aliphatic rings. The average molecular weight is 302 g/mol. The van der Waals surface area contributed by atoms with E-state index in [0.29, 0.717) is 11.6 Å². The van der Waals surface area contributed by atoms with Crippen molar-refractivity contribution < 1.29 is 18.5 Å². The maximum Gasteiger partial charge on any atom is 0.417 e. The van der Waals surface area contributed by atoms with E-state index in [1.165, 1.54) is 11.3 Å². The van der Waals surface area contributed by atoms with Crippen molar-refractivity contribution in [2.75, 3.05) is 6.86 Å². The lowest BCUT2D eigenvalue weighted by Gasteiger charge is -1.99. The molecule has 0 aliphatic carbocycles. The van der Waals surface area contributed by atoms with Gasteiger partial charge in [0.1, 0.15) is 4.70 Å². The van der Waals surface area contributed by atoms with Crippen LogP contribution in [0.2, 0.25) is 0 Å². The normalized spacial score (nSPS) is 10.7. The van der Waals surface area contributed by atoms with E-state index in [2.05, 4.69) is 4.74 Å². The van der Waals surface area contributed by atoms with Crippen LogP contribution in [0, 0.1) is 0 Å². The van der Waals surface area contributed by atoms with Gasteiger partial charge in [0.25, 0.3) is 0 Å². The van der Waals surface area contributed by atoms with Gasteiger partial charge in [-0.25, -0.2) is 9.18 Å². The summed E-state index contributed by atoms with van der Waals surface area (Å²) in [5.41, 5.74) is 2.01. The van der Waals surface area contributed by atoms with Crippen molar-refractivity contribution in [1.29, 1.82) is 0 Å². The number of aromatic nitrogens is 1. The summed E-state index contributed by atoms with van der Waals surface area (Å²) in [6.45, 7) is -0.569. The van der Waals surface area contributed by atoms with Crippen molar-refractivity contribution >= 4 is 27.5 Å². The molecule has 1 aromatic heterocycles. The zero-order chi connectivity index (χ0) is 14.7. The van der Waals surface area contributed by atoms with E-state index in [4.69, 9.17) is 0 Å². The monoisotopic (exact) mass is 302 g/mol. The van der Waals surface area contributed by atoms with E-state index in [1.54, 1.807) is 0 Å². The SMILES string of the molecule is O=C(OCF)c1sc2ccccc2[n+]1Cc1ccccc1. The first-order valence-electron chi connectivity index (χ1n) is 6.48. The zero-order valence-electron chi connectivity index (χ0n) is 11.2. The first-order valence-corrected chi connectivity index (χ1v) is 7.29. The number of halogens is 1. The van der Waals surface area contributed by atoms with E-state index in [0.717, 1.165) is 15.8 Å². The third kappa shape index (κ3) is 2.78. The predicted octanol–water partition coefficient (Wildman–Crippen LogP) is 3.32. The number of para-hydroxylation sites is 1. The maximum atomic E-state index is 12.3. The second-order valence-electron chi connectivity index (χ2n) is 4.49. The molecule has 0 aliphatic heterocycles. The molecule has 0 N–H and O–H groups in total. The number of hydrogen-bond donors (Lipinski definition) is 0. The van der Waals surface area contributed by atoms with Crippen molar-refractivity contribution in [3.63, 3.8) is 0 Å². The highest BCUT2D eigenvalue weighted by Crippen LogP contribution is 2.21. The molecule has 0 atom stereocenters. The van der Waals surface area contributed by atoms with Crippen LogP contribution < -0.4 is 4.57 Å². The topological polar surface area (TPSA) is 30.2 Å². The second-order valence-corrected chi connectivity index (χ2v) is 5.52. The number of carbonyl (C=O) groups is 1. The summed E-state index contributed by atoms with van der Waals surface area (Å²) in [5.74, 6) is -0.630. The molecule has 3 aromatic rings. The Morgan fingerprint density at radius 3 is 2.57 bits per heavy atom. The Hall–Kier alpha value is -2.27. The number of nitrogens with zero attached hydrogens (tertiary/aromatic N) is 1. The highest BCUT2D eigenvalue weighted by atomic mass is 32.1. The summed E-state index contributed by atoms with van der Waals surface area (Å²) in [4.78, 5) is 12.0. The number of carbonyl (C=O) groups excluding carboxylic acids is 1. The molecular formula is C16H13FNO2S+. The lowest BCUT2D eigenvalue weighted by molar-refractivity contribution is -0.660. The minimum atomic E-state index is -1.11. The Balaban J connectivity index is 2.09. The van der Waals surface area contributed by atoms with Crippen LogP contribution >= 0.6 is 11.3 Å². The molecule has 5 heteroatoms. The fourth-order valence-electron chi connectivity index (χ4n) is 2.22. The molecule has 106 valence electrons. The van der Waals surface area contributed by atoms with Crippen molar-refractivity contribution in [1.82, 2.24) is 0 Å². The third-order valence-electron chi connectivity index (χ3n) is 3.15. The number of rotatable bonds is 4. The van der Waals surface area contributed by atoms with E-state index < -0.39 is 12.8 Å². The molecule has 21 heavy (non-hydrogen) atoms. The van der Waals surface area contributed by atoms with Crippen LogP contribution in [0.5, 0.6) is 0 Å². The van der Waals surface area contributed by atoms with Gasteiger partial charge in [-0.15, -0.1) is 0 Å². The lowest BCUT2D eigenvalue weighted by atomic mass is 10.2. The largest absolute Gasteiger partial charge is 0.425 e. The van der Waals surface area contributed by atoms with Gasteiger partial charge in [-0.2, -0.15) is 4.57 Å². The van der Waals surface area contributed by atoms with E-state index in [9.17, 15) is 9.18 Å². The summed E-state index contributed by atoms with van der Waals surface area (Å²) >= 11 is 1.31. The molecular weight excluding hydrogens is 289 g/mol. The predicted molar refractivity (Wildman–Crippen MR) is 79.0 cm³/mol. The van der Waals surface area contributed by atoms with Gasteiger partial charge in [-0.1, -0.05) is 53.8 Å². The third-order valence-corrected chi connectivity index (χ3v) is 4.30. The smallest absolute Gasteiger partial charge is 0.417 e. The maximum absolute atomic E-state index is 12.3. The Morgan fingerprint density at radius 2 is 1.81 bits per heavy atom. The average Bonchev–Trinajstić information content (AvgIpc) is 2.88. The summed E-state index contributed by atoms with van der Waals surface area (Å²) < 4.78 is 19.7. The highest BCUT2D eigenvalue weighted by molar-refractivity contribution is 7.19. The quantitative estimate of drug-likeness (QED) is 0.546. The van der Waals surface area contributed by atoms with Gasteiger partial charge in [0, 0.05) is 11.6 Å². The van der Waals surface area contributed by atoms with E-state index in [1.807, 2.05) is 59.2 Å². The number of ether oxygens (including phenoxy) is 1. The van der Waals surface area contributed by atoms with Crippen molar-refractivity contribution in [3.8, 4) is 0 Å². The molecule has 0 saturated heterocycles. The molecule has 3 nitrogen and oxygen atoms in total. The number of benzene rings is 2. The van der Waals surface area contributed by atoms with Crippen LogP contribution in [-0.4, -0.2) is 12.8 Å². The molecule has 0 bridgehead atoms. The first-order chi connectivity index (χ1) is 10.3. The second kappa shape index (κ2) is 6.01. The minimum absolute atomic E-state index is 0.401. The Morgan fingerprint density at radius 1 is 1.10 bits per heavy atom. The number of fused-ring (bicyclic) bond motifs is 1. The molecule has 0 fully saturated rings. The Bertz CT molecular complexity index is 770. The van der Waals surface area contributed by atoms with Crippen molar-refractivity contribution in [2.45, 2.75) is 6.54 Å². The molecule has 0 saturated carbocycles. The van der Waals surface area contributed by atoms with Crippen molar-refractivity contribution in [3.05, 3.63) is 65.2 Å². The Kier molecular flexibility index (Phi) is 3.92.